The fourth-order valence-corrected chi connectivity index (χ4v) is 3.15. The monoisotopic (exact) mass is 339 g/mol. The largest absolute Gasteiger partial charge is 0.396 e. The quantitative estimate of drug-likeness (QED) is 0.791. The van der Waals surface area contributed by atoms with E-state index in [9.17, 15) is 13.2 Å². The molecule has 0 spiro atoms. The highest BCUT2D eigenvalue weighted by Gasteiger charge is 2.20. The zero-order valence-electron chi connectivity index (χ0n) is 11.0. The smallest absolute Gasteiger partial charge is 0.242 e. The third-order valence-corrected chi connectivity index (χ3v) is 4.86. The standard InChI is InChI=1S/C11H15Cl2N3O3S/c1-16(2)9(17)5-6-15-20(18,19)8-4-3-7(12)11(14)10(8)13/h3-4,15H,5-6,14H2,1-2H3. The van der Waals surface area contributed by atoms with Gasteiger partial charge in [0.2, 0.25) is 15.9 Å². The fraction of sp³-hybridized carbons (Fsp3) is 0.364. The lowest BCUT2D eigenvalue weighted by molar-refractivity contribution is -0.128. The highest BCUT2D eigenvalue weighted by atomic mass is 35.5. The molecule has 0 aliphatic carbocycles. The third kappa shape index (κ3) is 3.99. The molecule has 0 heterocycles. The summed E-state index contributed by atoms with van der Waals surface area (Å²) in [5.41, 5.74) is 5.58. The number of carbonyl (C=O) groups excluding carboxylic acids is 1. The molecular weight excluding hydrogens is 325 g/mol. The van der Waals surface area contributed by atoms with Crippen LogP contribution in [0, 0.1) is 0 Å². The van der Waals surface area contributed by atoms with Gasteiger partial charge in [0.15, 0.2) is 0 Å². The van der Waals surface area contributed by atoms with Crippen molar-refractivity contribution in [3.63, 3.8) is 0 Å². The topological polar surface area (TPSA) is 92.5 Å². The van der Waals surface area contributed by atoms with Gasteiger partial charge in [-0.05, 0) is 12.1 Å². The van der Waals surface area contributed by atoms with Crippen molar-refractivity contribution >= 4 is 44.8 Å². The van der Waals surface area contributed by atoms with E-state index in [0.717, 1.165) is 0 Å². The van der Waals surface area contributed by atoms with E-state index in [1.807, 2.05) is 0 Å². The van der Waals surface area contributed by atoms with E-state index in [1.54, 1.807) is 14.1 Å². The van der Waals surface area contributed by atoms with Crippen molar-refractivity contribution < 1.29 is 13.2 Å². The Morgan fingerprint density at radius 2 is 1.95 bits per heavy atom. The van der Waals surface area contributed by atoms with Crippen molar-refractivity contribution in [3.8, 4) is 0 Å². The molecule has 112 valence electrons. The van der Waals surface area contributed by atoms with Gasteiger partial charge in [0, 0.05) is 27.1 Å². The van der Waals surface area contributed by atoms with Crippen molar-refractivity contribution in [1.29, 1.82) is 0 Å². The van der Waals surface area contributed by atoms with Crippen LogP contribution in [-0.2, 0) is 14.8 Å². The van der Waals surface area contributed by atoms with Crippen molar-refractivity contribution in [3.05, 3.63) is 22.2 Å². The summed E-state index contributed by atoms with van der Waals surface area (Å²) in [7, 11) is -0.661. The minimum atomic E-state index is -3.84. The molecule has 3 N–H and O–H groups in total. The van der Waals surface area contributed by atoms with E-state index in [2.05, 4.69) is 4.72 Å². The Morgan fingerprint density at radius 1 is 1.35 bits per heavy atom. The second kappa shape index (κ2) is 6.62. The lowest BCUT2D eigenvalue weighted by Gasteiger charge is -2.12. The number of halogens is 2. The molecule has 1 rings (SSSR count). The number of hydrogen-bond donors (Lipinski definition) is 2. The highest BCUT2D eigenvalue weighted by Crippen LogP contribution is 2.32. The van der Waals surface area contributed by atoms with Gasteiger partial charge < -0.3 is 10.6 Å². The van der Waals surface area contributed by atoms with Crippen LogP contribution in [0.2, 0.25) is 10.0 Å². The summed E-state index contributed by atoms with van der Waals surface area (Å²) in [6.45, 7) is -0.0296. The fourth-order valence-electron chi connectivity index (χ4n) is 1.35. The third-order valence-electron chi connectivity index (χ3n) is 2.51. The second-order valence-corrected chi connectivity index (χ2v) is 6.73. The van der Waals surface area contributed by atoms with Crippen molar-refractivity contribution in [2.45, 2.75) is 11.3 Å². The second-order valence-electron chi connectivity index (χ2n) is 4.21. The number of hydrogen-bond acceptors (Lipinski definition) is 4. The summed E-state index contributed by atoms with van der Waals surface area (Å²) in [5.74, 6) is -0.186. The van der Waals surface area contributed by atoms with Gasteiger partial charge in [-0.1, -0.05) is 23.2 Å². The lowest BCUT2D eigenvalue weighted by Crippen LogP contribution is -2.30. The molecule has 0 aliphatic rings. The van der Waals surface area contributed by atoms with Gasteiger partial charge in [-0.3, -0.25) is 4.79 Å². The van der Waals surface area contributed by atoms with Gasteiger partial charge in [0.25, 0.3) is 0 Å². The van der Waals surface area contributed by atoms with E-state index in [1.165, 1.54) is 17.0 Å². The number of benzene rings is 1. The molecule has 20 heavy (non-hydrogen) atoms. The zero-order chi connectivity index (χ0) is 15.5. The van der Waals surface area contributed by atoms with E-state index < -0.39 is 10.0 Å². The Hall–Kier alpha value is -1.02. The van der Waals surface area contributed by atoms with Crippen LogP contribution in [0.15, 0.2) is 17.0 Å². The summed E-state index contributed by atoms with van der Waals surface area (Å²) in [6, 6.07) is 2.61. The minimum absolute atomic E-state index is 0.000534. The Kier molecular flexibility index (Phi) is 5.64. The van der Waals surface area contributed by atoms with Crippen LogP contribution in [0.25, 0.3) is 0 Å². The van der Waals surface area contributed by atoms with Gasteiger partial charge in [0.1, 0.15) is 4.90 Å². The lowest BCUT2D eigenvalue weighted by atomic mass is 10.3. The van der Waals surface area contributed by atoms with E-state index in [-0.39, 0.29) is 39.5 Å². The average molecular weight is 340 g/mol. The molecule has 0 unspecified atom stereocenters. The normalized spacial score (nSPS) is 11.4. The maximum Gasteiger partial charge on any atom is 0.242 e. The van der Waals surface area contributed by atoms with Gasteiger partial charge in [-0.25, -0.2) is 13.1 Å². The average Bonchev–Trinajstić information content (AvgIpc) is 2.35. The number of carbonyl (C=O) groups is 1. The molecule has 1 amide bonds. The van der Waals surface area contributed by atoms with Crippen LogP contribution in [0.1, 0.15) is 6.42 Å². The van der Waals surface area contributed by atoms with Crippen LogP contribution in [0.3, 0.4) is 0 Å². The Labute approximate surface area is 127 Å². The first-order valence-corrected chi connectivity index (χ1v) is 7.84. The van der Waals surface area contributed by atoms with Crippen LogP contribution in [0.5, 0.6) is 0 Å². The van der Waals surface area contributed by atoms with E-state index in [0.29, 0.717) is 0 Å². The molecule has 0 saturated carbocycles. The first kappa shape index (κ1) is 17.0. The summed E-state index contributed by atoms with van der Waals surface area (Å²) >= 11 is 11.6. The van der Waals surface area contributed by atoms with Crippen LogP contribution < -0.4 is 10.5 Å². The molecule has 0 bridgehead atoms. The summed E-state index contributed by atoms with van der Waals surface area (Å²) < 4.78 is 26.4. The number of amides is 1. The number of nitrogens with one attached hydrogen (secondary N) is 1. The predicted molar refractivity (Wildman–Crippen MR) is 79.4 cm³/mol. The number of nitrogens with zero attached hydrogens (tertiary/aromatic N) is 1. The summed E-state index contributed by atoms with van der Waals surface area (Å²) in [6.07, 6.45) is 0.0485. The summed E-state index contributed by atoms with van der Waals surface area (Å²) in [5, 5.41) is 0.0423. The molecule has 1 aromatic carbocycles. The maximum atomic E-state index is 12.0. The molecule has 0 fully saturated rings. The van der Waals surface area contributed by atoms with E-state index in [4.69, 9.17) is 28.9 Å². The summed E-state index contributed by atoms with van der Waals surface area (Å²) in [4.78, 5) is 12.6. The number of sulfonamides is 1. The zero-order valence-corrected chi connectivity index (χ0v) is 13.3. The molecule has 9 heteroatoms. The van der Waals surface area contributed by atoms with E-state index >= 15 is 0 Å². The van der Waals surface area contributed by atoms with Crippen molar-refractivity contribution in [1.82, 2.24) is 9.62 Å². The first-order chi connectivity index (χ1) is 9.16. The Balaban J connectivity index is 2.85. The molecule has 0 aromatic heterocycles. The molecule has 0 radical (unpaired) electrons. The first-order valence-electron chi connectivity index (χ1n) is 5.60. The minimum Gasteiger partial charge on any atom is -0.396 e. The number of anilines is 1. The van der Waals surface area contributed by atoms with Crippen LogP contribution >= 0.6 is 23.2 Å². The van der Waals surface area contributed by atoms with Gasteiger partial charge in [-0.15, -0.1) is 0 Å². The Bertz CT molecular complexity index is 618. The molecule has 0 atom stereocenters. The molecule has 6 nitrogen and oxygen atoms in total. The number of nitrogens with two attached hydrogens (primary N) is 1. The maximum absolute atomic E-state index is 12.0. The van der Waals surface area contributed by atoms with Gasteiger partial charge in [-0.2, -0.15) is 0 Å². The van der Waals surface area contributed by atoms with Gasteiger partial charge >= 0.3 is 0 Å². The molecule has 0 aliphatic heterocycles. The number of rotatable bonds is 5. The van der Waals surface area contributed by atoms with Crippen molar-refractivity contribution in [2.24, 2.45) is 0 Å². The Morgan fingerprint density at radius 3 is 2.50 bits per heavy atom. The highest BCUT2D eigenvalue weighted by molar-refractivity contribution is 7.89. The van der Waals surface area contributed by atoms with Crippen molar-refractivity contribution in [2.75, 3.05) is 26.4 Å². The predicted octanol–water partition coefficient (Wildman–Crippen LogP) is 1.33. The molecule has 0 saturated heterocycles. The molecule has 1 aromatic rings. The molecular formula is C11H15Cl2N3O3S. The van der Waals surface area contributed by atoms with Gasteiger partial charge in [0.05, 0.1) is 15.7 Å². The van der Waals surface area contributed by atoms with Crippen LogP contribution in [-0.4, -0.2) is 39.9 Å². The number of nitrogen functional groups attached to an aromatic ring is 1. The SMILES string of the molecule is CN(C)C(=O)CCNS(=O)(=O)c1ccc(Cl)c(N)c1Cl. The van der Waals surface area contributed by atoms with Crippen LogP contribution in [0.4, 0.5) is 5.69 Å².